The number of hydrogen-bond acceptors (Lipinski definition) is 2. The monoisotopic (exact) mass is 360 g/mol. The van der Waals surface area contributed by atoms with Gasteiger partial charge in [-0.2, -0.15) is 0 Å². The Balaban J connectivity index is 1.83. The van der Waals surface area contributed by atoms with Crippen LogP contribution in [0.5, 0.6) is 0 Å². The molecule has 4 nitrogen and oxygen atoms in total. The maximum absolute atomic E-state index is 13.3. The molecule has 6 heteroatoms. The number of carbonyl (C=O) groups is 2. The second-order valence-electron chi connectivity index (χ2n) is 6.08. The summed E-state index contributed by atoms with van der Waals surface area (Å²) in [4.78, 5) is 28.7. The Kier molecular flexibility index (Phi) is 4.77. The van der Waals surface area contributed by atoms with E-state index < -0.39 is 11.9 Å². The van der Waals surface area contributed by atoms with Gasteiger partial charge in [0.2, 0.25) is 5.91 Å². The maximum Gasteiger partial charge on any atom is 0.254 e. The van der Waals surface area contributed by atoms with Crippen molar-refractivity contribution in [3.8, 4) is 0 Å². The van der Waals surface area contributed by atoms with Gasteiger partial charge in [0.15, 0.2) is 0 Å². The lowest BCUT2D eigenvalue weighted by Crippen LogP contribution is -2.57. The van der Waals surface area contributed by atoms with Crippen LogP contribution in [0.1, 0.15) is 22.8 Å². The maximum atomic E-state index is 13.3. The van der Waals surface area contributed by atoms with Crippen molar-refractivity contribution >= 4 is 29.1 Å². The van der Waals surface area contributed by atoms with E-state index in [0.29, 0.717) is 24.3 Å². The Morgan fingerprint density at radius 3 is 2.60 bits per heavy atom. The van der Waals surface area contributed by atoms with Gasteiger partial charge in [0.1, 0.15) is 11.9 Å². The minimum Gasteiger partial charge on any atom is -0.325 e. The summed E-state index contributed by atoms with van der Waals surface area (Å²) in [6.07, 6.45) is 0. The molecule has 1 aliphatic heterocycles. The van der Waals surface area contributed by atoms with Gasteiger partial charge in [-0.1, -0.05) is 29.8 Å². The highest BCUT2D eigenvalue weighted by Crippen LogP contribution is 2.26. The number of anilines is 1. The van der Waals surface area contributed by atoms with Crippen molar-refractivity contribution in [1.82, 2.24) is 4.90 Å². The smallest absolute Gasteiger partial charge is 0.254 e. The molecule has 1 saturated heterocycles. The molecule has 2 aromatic carbocycles. The van der Waals surface area contributed by atoms with E-state index in [0.717, 1.165) is 5.56 Å². The van der Waals surface area contributed by atoms with Gasteiger partial charge in [0.05, 0.1) is 5.02 Å². The summed E-state index contributed by atoms with van der Waals surface area (Å²) < 4.78 is 13.3. The van der Waals surface area contributed by atoms with Crippen LogP contribution >= 0.6 is 11.6 Å². The number of hydrogen-bond donors (Lipinski definition) is 0. The number of benzene rings is 2. The van der Waals surface area contributed by atoms with Crippen molar-refractivity contribution in [3.63, 3.8) is 0 Å². The first-order chi connectivity index (χ1) is 11.9. The first-order valence-electron chi connectivity index (χ1n) is 8.03. The molecule has 0 spiro atoms. The summed E-state index contributed by atoms with van der Waals surface area (Å²) in [7, 11) is 0. The van der Waals surface area contributed by atoms with Crippen molar-refractivity contribution in [2.24, 2.45) is 0 Å². The van der Waals surface area contributed by atoms with Crippen LogP contribution in [0, 0.1) is 12.7 Å². The molecular formula is C19H18ClFN2O2. The largest absolute Gasteiger partial charge is 0.325 e. The van der Waals surface area contributed by atoms with Gasteiger partial charge in [-0.15, -0.1) is 0 Å². The number of piperazine rings is 1. The van der Waals surface area contributed by atoms with E-state index in [9.17, 15) is 14.0 Å². The summed E-state index contributed by atoms with van der Waals surface area (Å²) in [6.45, 7) is 4.31. The first kappa shape index (κ1) is 17.4. The summed E-state index contributed by atoms with van der Waals surface area (Å²) in [5.74, 6) is -0.897. The van der Waals surface area contributed by atoms with Crippen molar-refractivity contribution in [2.75, 3.05) is 18.0 Å². The molecule has 2 aromatic rings. The van der Waals surface area contributed by atoms with E-state index in [1.54, 1.807) is 17.9 Å². The number of halogens is 2. The number of nitrogens with zero attached hydrogens (tertiary/aromatic N) is 2. The summed E-state index contributed by atoms with van der Waals surface area (Å²) in [5.41, 5.74) is 2.01. The lowest BCUT2D eigenvalue weighted by Gasteiger charge is -2.39. The third-order valence-corrected chi connectivity index (χ3v) is 4.80. The Morgan fingerprint density at radius 1 is 1.20 bits per heavy atom. The fraction of sp³-hybridized carbons (Fsp3) is 0.263. The lowest BCUT2D eigenvalue weighted by atomic mass is 10.0. The minimum absolute atomic E-state index is 0.0311. The van der Waals surface area contributed by atoms with Crippen LogP contribution in [0.25, 0.3) is 0 Å². The van der Waals surface area contributed by atoms with E-state index in [-0.39, 0.29) is 16.8 Å². The lowest BCUT2D eigenvalue weighted by molar-refractivity contribution is -0.124. The molecular weight excluding hydrogens is 343 g/mol. The second-order valence-corrected chi connectivity index (χ2v) is 6.48. The standard InChI is InChI=1S/C19H18ClFN2O2/c1-12-5-3-4-6-15(12)19(25)22-9-10-23(18(24)13(22)2)14-7-8-17(21)16(20)11-14/h3-8,11,13H,9-10H2,1-2H3. The predicted octanol–water partition coefficient (Wildman–Crippen LogP) is 3.67. The van der Waals surface area contributed by atoms with E-state index in [2.05, 4.69) is 0 Å². The van der Waals surface area contributed by atoms with E-state index in [1.807, 2.05) is 25.1 Å². The van der Waals surface area contributed by atoms with Gasteiger partial charge in [-0.05, 0) is 43.7 Å². The quantitative estimate of drug-likeness (QED) is 0.820. The molecule has 0 bridgehead atoms. The molecule has 3 rings (SSSR count). The zero-order valence-electron chi connectivity index (χ0n) is 14.0. The van der Waals surface area contributed by atoms with E-state index in [4.69, 9.17) is 11.6 Å². The molecule has 1 heterocycles. The first-order valence-corrected chi connectivity index (χ1v) is 8.41. The second kappa shape index (κ2) is 6.84. The number of aryl methyl sites for hydroxylation is 1. The summed E-state index contributed by atoms with van der Waals surface area (Å²) in [5, 5.41) is -0.0311. The van der Waals surface area contributed by atoms with Crippen LogP contribution in [-0.4, -0.2) is 35.8 Å². The SMILES string of the molecule is Cc1ccccc1C(=O)N1CCN(c2ccc(F)c(Cl)c2)C(=O)C1C. The average Bonchev–Trinajstić information content (AvgIpc) is 2.60. The minimum atomic E-state index is -0.607. The fourth-order valence-corrected chi connectivity index (χ4v) is 3.20. The molecule has 2 amide bonds. The third kappa shape index (κ3) is 3.24. The van der Waals surface area contributed by atoms with Gasteiger partial charge in [-0.3, -0.25) is 9.59 Å². The third-order valence-electron chi connectivity index (χ3n) is 4.51. The Hall–Kier alpha value is -2.40. The van der Waals surface area contributed by atoms with Crippen LogP contribution in [0.4, 0.5) is 10.1 Å². The molecule has 1 unspecified atom stereocenters. The van der Waals surface area contributed by atoms with Gasteiger partial charge in [0.25, 0.3) is 5.91 Å². The fourth-order valence-electron chi connectivity index (χ4n) is 3.02. The molecule has 1 aliphatic rings. The molecule has 0 radical (unpaired) electrons. The summed E-state index contributed by atoms with van der Waals surface area (Å²) >= 11 is 5.82. The molecule has 0 aromatic heterocycles. The van der Waals surface area contributed by atoms with Crippen molar-refractivity contribution in [3.05, 3.63) is 64.4 Å². The molecule has 25 heavy (non-hydrogen) atoms. The number of amides is 2. The predicted molar refractivity (Wildman–Crippen MR) is 95.4 cm³/mol. The molecule has 0 aliphatic carbocycles. The number of carbonyl (C=O) groups excluding carboxylic acids is 2. The summed E-state index contributed by atoms with van der Waals surface area (Å²) in [6, 6.07) is 10.9. The highest BCUT2D eigenvalue weighted by Gasteiger charge is 2.35. The van der Waals surface area contributed by atoms with E-state index >= 15 is 0 Å². The van der Waals surface area contributed by atoms with Crippen LogP contribution in [0.2, 0.25) is 5.02 Å². The van der Waals surface area contributed by atoms with Gasteiger partial charge < -0.3 is 9.80 Å². The van der Waals surface area contributed by atoms with Crippen LogP contribution in [0.15, 0.2) is 42.5 Å². The van der Waals surface area contributed by atoms with Gasteiger partial charge in [-0.25, -0.2) is 4.39 Å². The topological polar surface area (TPSA) is 40.6 Å². The van der Waals surface area contributed by atoms with Crippen molar-refractivity contribution in [2.45, 2.75) is 19.9 Å². The zero-order chi connectivity index (χ0) is 18.1. The molecule has 1 fully saturated rings. The highest BCUT2D eigenvalue weighted by atomic mass is 35.5. The molecule has 1 atom stereocenters. The average molecular weight is 361 g/mol. The Bertz CT molecular complexity index is 840. The van der Waals surface area contributed by atoms with E-state index in [1.165, 1.54) is 23.1 Å². The normalized spacial score (nSPS) is 17.8. The Morgan fingerprint density at radius 2 is 1.92 bits per heavy atom. The van der Waals surface area contributed by atoms with Gasteiger partial charge in [0, 0.05) is 24.3 Å². The zero-order valence-corrected chi connectivity index (χ0v) is 14.8. The molecule has 0 saturated carbocycles. The van der Waals surface area contributed by atoms with Crippen LogP contribution in [-0.2, 0) is 4.79 Å². The van der Waals surface area contributed by atoms with Crippen LogP contribution < -0.4 is 4.90 Å². The highest BCUT2D eigenvalue weighted by molar-refractivity contribution is 6.31. The van der Waals surface area contributed by atoms with Gasteiger partial charge >= 0.3 is 0 Å². The molecule has 130 valence electrons. The number of rotatable bonds is 2. The Labute approximate surface area is 150 Å². The molecule has 0 N–H and O–H groups in total. The van der Waals surface area contributed by atoms with Crippen LogP contribution in [0.3, 0.4) is 0 Å². The van der Waals surface area contributed by atoms with Crippen molar-refractivity contribution < 1.29 is 14.0 Å². The van der Waals surface area contributed by atoms with Crippen molar-refractivity contribution in [1.29, 1.82) is 0 Å².